The predicted molar refractivity (Wildman–Crippen MR) is 68.2 cm³/mol. The molecule has 2 rings (SSSR count). The van der Waals surface area contributed by atoms with Gasteiger partial charge in [0.05, 0.1) is 0 Å². The molecule has 4 heteroatoms. The van der Waals surface area contributed by atoms with Crippen LogP contribution in [0.15, 0.2) is 24.5 Å². The second-order valence-electron chi connectivity index (χ2n) is 5.30. The van der Waals surface area contributed by atoms with Gasteiger partial charge in [-0.25, -0.2) is 0 Å². The summed E-state index contributed by atoms with van der Waals surface area (Å²) in [6.07, 6.45) is 5.96. The summed E-state index contributed by atoms with van der Waals surface area (Å²) in [6.45, 7) is 6.07. The molecule has 0 aromatic carbocycles. The highest BCUT2D eigenvalue weighted by Gasteiger charge is 2.37. The van der Waals surface area contributed by atoms with Crippen LogP contribution in [0.25, 0.3) is 0 Å². The molecule has 0 aliphatic carbocycles. The van der Waals surface area contributed by atoms with Crippen molar-refractivity contribution >= 4 is 5.91 Å². The summed E-state index contributed by atoms with van der Waals surface area (Å²) < 4.78 is 1.71. The zero-order chi connectivity index (χ0) is 12.3. The molecule has 1 amide bonds. The molecular weight excluding hydrogens is 214 g/mol. The molecule has 1 unspecified atom stereocenters. The molecule has 4 nitrogen and oxygen atoms in total. The first-order chi connectivity index (χ1) is 8.10. The van der Waals surface area contributed by atoms with Crippen LogP contribution in [0.5, 0.6) is 0 Å². The Hall–Kier alpha value is -1.29. The van der Waals surface area contributed by atoms with Gasteiger partial charge in [-0.3, -0.25) is 14.9 Å². The van der Waals surface area contributed by atoms with Crippen LogP contribution in [0.2, 0.25) is 0 Å². The van der Waals surface area contributed by atoms with E-state index in [1.165, 1.54) is 0 Å². The van der Waals surface area contributed by atoms with E-state index in [0.717, 1.165) is 25.9 Å². The summed E-state index contributed by atoms with van der Waals surface area (Å²) in [5, 5.41) is 3.37. The third-order valence-corrected chi connectivity index (χ3v) is 3.74. The number of hydrogen-bond donors (Lipinski definition) is 2. The van der Waals surface area contributed by atoms with Gasteiger partial charge in [0.15, 0.2) is 0 Å². The Morgan fingerprint density at radius 3 is 2.71 bits per heavy atom. The van der Waals surface area contributed by atoms with Crippen molar-refractivity contribution in [2.24, 2.45) is 11.3 Å². The maximum atomic E-state index is 12.3. The van der Waals surface area contributed by atoms with Gasteiger partial charge in [0, 0.05) is 17.8 Å². The van der Waals surface area contributed by atoms with Gasteiger partial charge < -0.3 is 5.32 Å². The lowest BCUT2D eigenvalue weighted by molar-refractivity contribution is -0.128. The summed E-state index contributed by atoms with van der Waals surface area (Å²) in [5.74, 6) is 0.495. The van der Waals surface area contributed by atoms with E-state index in [1.807, 2.05) is 38.4 Å². The highest BCUT2D eigenvalue weighted by atomic mass is 16.2. The third kappa shape index (κ3) is 2.69. The Bertz CT molecular complexity index is 364. The van der Waals surface area contributed by atoms with E-state index in [-0.39, 0.29) is 11.3 Å². The van der Waals surface area contributed by atoms with E-state index in [9.17, 15) is 4.79 Å². The van der Waals surface area contributed by atoms with Crippen molar-refractivity contribution in [2.75, 3.05) is 18.5 Å². The van der Waals surface area contributed by atoms with Crippen LogP contribution in [0.4, 0.5) is 0 Å². The van der Waals surface area contributed by atoms with Gasteiger partial charge in [0.1, 0.15) is 0 Å². The summed E-state index contributed by atoms with van der Waals surface area (Å²) >= 11 is 0. The molecule has 1 aromatic rings. The smallest absolute Gasteiger partial charge is 0.244 e. The lowest BCUT2D eigenvalue weighted by Crippen LogP contribution is -2.46. The highest BCUT2D eigenvalue weighted by molar-refractivity contribution is 5.89. The number of amides is 1. The topological polar surface area (TPSA) is 46.1 Å². The van der Waals surface area contributed by atoms with E-state index in [4.69, 9.17) is 0 Å². The Kier molecular flexibility index (Phi) is 3.52. The average Bonchev–Trinajstić information content (AvgIpc) is 2.83. The van der Waals surface area contributed by atoms with Gasteiger partial charge in [-0.1, -0.05) is 13.8 Å². The maximum Gasteiger partial charge on any atom is 0.244 e. The van der Waals surface area contributed by atoms with Gasteiger partial charge in [0.2, 0.25) is 5.91 Å². The van der Waals surface area contributed by atoms with Crippen molar-refractivity contribution < 1.29 is 4.79 Å². The number of hydrogen-bond acceptors (Lipinski definition) is 2. The lowest BCUT2D eigenvalue weighted by Gasteiger charge is -2.36. The molecular formula is C13H21N3O. The fourth-order valence-corrected chi connectivity index (χ4v) is 2.32. The second kappa shape index (κ2) is 4.92. The van der Waals surface area contributed by atoms with E-state index in [2.05, 4.69) is 10.7 Å². The number of carbonyl (C=O) groups is 1. The molecule has 0 saturated carbocycles. The van der Waals surface area contributed by atoms with Crippen LogP contribution in [0.3, 0.4) is 0 Å². The summed E-state index contributed by atoms with van der Waals surface area (Å²) in [6, 6.07) is 3.80. The normalized spacial score (nSPS) is 21.2. The molecule has 0 radical (unpaired) electrons. The lowest BCUT2D eigenvalue weighted by atomic mass is 9.74. The molecule has 94 valence electrons. The maximum absolute atomic E-state index is 12.3. The Labute approximate surface area is 102 Å². The first kappa shape index (κ1) is 12.2. The zero-order valence-corrected chi connectivity index (χ0v) is 10.6. The summed E-state index contributed by atoms with van der Waals surface area (Å²) in [5.41, 5.74) is 2.57. The average molecular weight is 235 g/mol. The molecule has 1 saturated heterocycles. The van der Waals surface area contributed by atoms with Crippen molar-refractivity contribution in [3.63, 3.8) is 0 Å². The molecule has 1 fully saturated rings. The predicted octanol–water partition coefficient (Wildman–Crippen LogP) is 1.58. The van der Waals surface area contributed by atoms with Gasteiger partial charge in [-0.05, 0) is 44.0 Å². The second-order valence-corrected chi connectivity index (χ2v) is 5.30. The number of rotatable bonds is 3. The minimum absolute atomic E-state index is 0.0856. The molecule has 1 atom stereocenters. The van der Waals surface area contributed by atoms with Crippen LogP contribution in [-0.2, 0) is 4.79 Å². The number of carbonyl (C=O) groups excluding carboxylic acids is 1. The number of piperidine rings is 1. The molecule has 17 heavy (non-hydrogen) atoms. The number of aromatic nitrogens is 1. The Morgan fingerprint density at radius 1 is 1.41 bits per heavy atom. The van der Waals surface area contributed by atoms with Gasteiger partial charge in [-0.2, -0.15) is 0 Å². The molecule has 0 spiro atoms. The third-order valence-electron chi connectivity index (χ3n) is 3.74. The van der Waals surface area contributed by atoms with Crippen molar-refractivity contribution in [1.82, 2.24) is 9.99 Å². The number of nitrogens with one attached hydrogen (secondary N) is 2. The van der Waals surface area contributed by atoms with Crippen LogP contribution >= 0.6 is 0 Å². The quantitative estimate of drug-likeness (QED) is 0.835. The first-order valence-corrected chi connectivity index (χ1v) is 6.26. The van der Waals surface area contributed by atoms with Crippen LogP contribution in [0, 0.1) is 11.3 Å². The summed E-state index contributed by atoms with van der Waals surface area (Å²) in [7, 11) is 0. The van der Waals surface area contributed by atoms with E-state index >= 15 is 0 Å². The molecule has 1 aliphatic rings. The first-order valence-electron chi connectivity index (χ1n) is 6.26. The largest absolute Gasteiger partial charge is 0.316 e. The fraction of sp³-hybridized carbons (Fsp3) is 0.615. The fourth-order valence-electron chi connectivity index (χ4n) is 2.32. The van der Waals surface area contributed by atoms with Crippen molar-refractivity contribution in [3.05, 3.63) is 24.5 Å². The van der Waals surface area contributed by atoms with Crippen LogP contribution in [0.1, 0.15) is 26.7 Å². The monoisotopic (exact) mass is 235 g/mol. The van der Waals surface area contributed by atoms with Crippen LogP contribution < -0.4 is 10.7 Å². The minimum Gasteiger partial charge on any atom is -0.316 e. The standard InChI is InChI=1S/C13H21N3O/c1-13(2,11-6-5-7-14-10-11)12(17)15-16-8-3-4-9-16/h3-4,8-9,11,14H,5-7,10H2,1-2H3,(H,15,17). The van der Waals surface area contributed by atoms with E-state index < -0.39 is 0 Å². The molecule has 2 N–H and O–H groups in total. The Morgan fingerprint density at radius 2 is 2.12 bits per heavy atom. The zero-order valence-electron chi connectivity index (χ0n) is 10.6. The molecule has 1 aliphatic heterocycles. The summed E-state index contributed by atoms with van der Waals surface area (Å²) in [4.78, 5) is 12.3. The van der Waals surface area contributed by atoms with Gasteiger partial charge in [-0.15, -0.1) is 0 Å². The van der Waals surface area contributed by atoms with Crippen molar-refractivity contribution in [3.8, 4) is 0 Å². The van der Waals surface area contributed by atoms with Crippen LogP contribution in [-0.4, -0.2) is 23.7 Å². The van der Waals surface area contributed by atoms with Gasteiger partial charge >= 0.3 is 0 Å². The van der Waals surface area contributed by atoms with Crippen molar-refractivity contribution in [2.45, 2.75) is 26.7 Å². The molecule has 1 aromatic heterocycles. The SMILES string of the molecule is CC(C)(C(=O)Nn1cccc1)C1CCCNC1. The highest BCUT2D eigenvalue weighted by Crippen LogP contribution is 2.32. The number of nitrogens with zero attached hydrogens (tertiary/aromatic N) is 1. The minimum atomic E-state index is -0.336. The Balaban J connectivity index is 2.00. The van der Waals surface area contributed by atoms with E-state index in [1.54, 1.807) is 4.68 Å². The molecule has 2 heterocycles. The van der Waals surface area contributed by atoms with E-state index in [0.29, 0.717) is 5.92 Å². The molecule has 0 bridgehead atoms. The van der Waals surface area contributed by atoms with Gasteiger partial charge in [0.25, 0.3) is 0 Å². The van der Waals surface area contributed by atoms with Crippen molar-refractivity contribution in [1.29, 1.82) is 0 Å².